The monoisotopic (exact) mass is 471 g/mol. The third-order valence-electron chi connectivity index (χ3n) is 6.08. The van der Waals surface area contributed by atoms with E-state index in [-0.39, 0.29) is 35.4 Å². The average molecular weight is 472 g/mol. The number of Topliss-reactive ketones (excluding diaryl/α,β-unsaturated/α-hetero) is 1. The first-order chi connectivity index (χ1) is 15.2. The fourth-order valence-corrected chi connectivity index (χ4v) is 5.46. The molecule has 2 unspecified atom stereocenters. The molecule has 1 heterocycles. The van der Waals surface area contributed by atoms with Crippen LogP contribution >= 0.6 is 23.2 Å². The number of hydrogen-bond acceptors (Lipinski definition) is 4. The zero-order valence-corrected chi connectivity index (χ0v) is 19.2. The van der Waals surface area contributed by atoms with Crippen LogP contribution in [0.3, 0.4) is 0 Å². The minimum atomic E-state index is -1.09. The smallest absolute Gasteiger partial charge is 0.334 e. The van der Waals surface area contributed by atoms with Gasteiger partial charge in [-0.2, -0.15) is 0 Å². The average Bonchev–Trinajstić information content (AvgIpc) is 2.72. The lowest BCUT2D eigenvalue weighted by Crippen LogP contribution is -2.37. The molecule has 0 aromatic heterocycles. The number of allylic oxidation sites excluding steroid dienone is 3. The van der Waals surface area contributed by atoms with Gasteiger partial charge in [0.15, 0.2) is 5.78 Å². The molecule has 0 saturated heterocycles. The maximum absolute atomic E-state index is 13.5. The Bertz CT molecular complexity index is 1160. The van der Waals surface area contributed by atoms with Gasteiger partial charge >= 0.3 is 5.97 Å². The van der Waals surface area contributed by atoms with Crippen LogP contribution in [0.15, 0.2) is 65.0 Å². The SMILES string of the molecule is CC(C)C1=C(C(=O)O)C(c2cccc(O)c2)C2=C(CC(c3c(Cl)cccc3Cl)CC2=O)N1. The van der Waals surface area contributed by atoms with E-state index in [2.05, 4.69) is 5.32 Å². The van der Waals surface area contributed by atoms with Crippen molar-refractivity contribution in [2.24, 2.45) is 5.92 Å². The van der Waals surface area contributed by atoms with Crippen LogP contribution in [0.2, 0.25) is 10.0 Å². The molecule has 7 heteroatoms. The van der Waals surface area contributed by atoms with Crippen molar-refractivity contribution in [2.45, 2.75) is 38.5 Å². The summed E-state index contributed by atoms with van der Waals surface area (Å²) in [6, 6.07) is 11.7. The molecule has 166 valence electrons. The first-order valence-electron chi connectivity index (χ1n) is 10.4. The minimum Gasteiger partial charge on any atom is -0.508 e. The number of phenols is 1. The van der Waals surface area contributed by atoms with Crippen LogP contribution in [-0.2, 0) is 9.59 Å². The van der Waals surface area contributed by atoms with E-state index < -0.39 is 11.9 Å². The molecule has 0 saturated carbocycles. The molecule has 0 fully saturated rings. The fraction of sp³-hybridized carbons (Fsp3) is 0.280. The van der Waals surface area contributed by atoms with Crippen LogP contribution in [0.25, 0.3) is 0 Å². The van der Waals surface area contributed by atoms with Crippen molar-refractivity contribution in [2.75, 3.05) is 0 Å². The fourth-order valence-electron chi connectivity index (χ4n) is 4.75. The molecule has 3 N–H and O–H groups in total. The topological polar surface area (TPSA) is 86.6 Å². The lowest BCUT2D eigenvalue weighted by Gasteiger charge is -2.38. The first-order valence-corrected chi connectivity index (χ1v) is 11.2. The van der Waals surface area contributed by atoms with Gasteiger partial charge in [-0.1, -0.05) is 55.2 Å². The van der Waals surface area contributed by atoms with E-state index in [9.17, 15) is 19.8 Å². The molecule has 2 atom stereocenters. The second-order valence-electron chi connectivity index (χ2n) is 8.50. The van der Waals surface area contributed by atoms with Gasteiger partial charge in [-0.05, 0) is 53.6 Å². The van der Waals surface area contributed by atoms with Crippen molar-refractivity contribution >= 4 is 35.0 Å². The molecule has 0 bridgehead atoms. The van der Waals surface area contributed by atoms with Crippen molar-refractivity contribution in [3.8, 4) is 5.75 Å². The number of ketones is 1. The number of dihydropyridines is 1. The summed E-state index contributed by atoms with van der Waals surface area (Å²) in [5.74, 6) is -2.35. The third kappa shape index (κ3) is 3.91. The summed E-state index contributed by atoms with van der Waals surface area (Å²) < 4.78 is 0. The van der Waals surface area contributed by atoms with Crippen LogP contribution in [0.5, 0.6) is 5.75 Å². The Morgan fingerprint density at radius 2 is 1.75 bits per heavy atom. The second kappa shape index (κ2) is 8.64. The Hall–Kier alpha value is -2.76. The van der Waals surface area contributed by atoms with Gasteiger partial charge < -0.3 is 15.5 Å². The van der Waals surface area contributed by atoms with Crippen molar-refractivity contribution in [3.05, 3.63) is 86.2 Å². The maximum Gasteiger partial charge on any atom is 0.334 e. The molecule has 2 aliphatic rings. The number of rotatable bonds is 4. The highest BCUT2D eigenvalue weighted by Crippen LogP contribution is 2.48. The molecule has 2 aromatic carbocycles. The number of carbonyl (C=O) groups is 2. The number of aliphatic carboxylic acids is 1. The van der Waals surface area contributed by atoms with Gasteiger partial charge in [-0.25, -0.2) is 4.79 Å². The predicted octanol–water partition coefficient (Wildman–Crippen LogP) is 5.78. The molecule has 0 radical (unpaired) electrons. The quantitative estimate of drug-likeness (QED) is 0.525. The number of hydrogen-bond donors (Lipinski definition) is 3. The van der Waals surface area contributed by atoms with Gasteiger partial charge in [0, 0.05) is 39.4 Å². The molecule has 4 rings (SSSR count). The van der Waals surface area contributed by atoms with E-state index in [1.54, 1.807) is 30.3 Å². The highest BCUT2D eigenvalue weighted by Gasteiger charge is 2.42. The number of halogens is 2. The zero-order valence-electron chi connectivity index (χ0n) is 17.7. The molecule has 5 nitrogen and oxygen atoms in total. The van der Waals surface area contributed by atoms with Gasteiger partial charge in [-0.3, -0.25) is 4.79 Å². The van der Waals surface area contributed by atoms with Gasteiger partial charge in [0.1, 0.15) is 5.75 Å². The van der Waals surface area contributed by atoms with Crippen molar-refractivity contribution in [1.29, 1.82) is 0 Å². The van der Waals surface area contributed by atoms with Crippen molar-refractivity contribution < 1.29 is 19.8 Å². The summed E-state index contributed by atoms with van der Waals surface area (Å²) in [7, 11) is 0. The number of carboxylic acids is 1. The van der Waals surface area contributed by atoms with E-state index in [1.165, 1.54) is 12.1 Å². The molecule has 1 aliphatic carbocycles. The van der Waals surface area contributed by atoms with E-state index in [4.69, 9.17) is 23.2 Å². The molecule has 32 heavy (non-hydrogen) atoms. The van der Waals surface area contributed by atoms with Gasteiger partial charge in [0.25, 0.3) is 0 Å². The Morgan fingerprint density at radius 1 is 1.09 bits per heavy atom. The lowest BCUT2D eigenvalue weighted by molar-refractivity contribution is -0.133. The Labute approximate surface area is 196 Å². The number of aromatic hydroxyl groups is 1. The van der Waals surface area contributed by atoms with Crippen LogP contribution in [0.1, 0.15) is 49.7 Å². The Balaban J connectivity index is 1.89. The largest absolute Gasteiger partial charge is 0.508 e. The first kappa shape index (κ1) is 22.4. The van der Waals surface area contributed by atoms with Crippen LogP contribution in [-0.4, -0.2) is 22.0 Å². The number of phenolic OH excluding ortho intramolecular Hbond substituents is 1. The van der Waals surface area contributed by atoms with Crippen molar-refractivity contribution in [3.63, 3.8) is 0 Å². The summed E-state index contributed by atoms with van der Waals surface area (Å²) >= 11 is 12.8. The normalized spacial score (nSPS) is 21.0. The number of carboxylic acid groups (broad SMARTS) is 1. The second-order valence-corrected chi connectivity index (χ2v) is 9.31. The lowest BCUT2D eigenvalue weighted by atomic mass is 9.71. The van der Waals surface area contributed by atoms with Gasteiger partial charge in [0.2, 0.25) is 0 Å². The summed E-state index contributed by atoms with van der Waals surface area (Å²) in [5, 5.41) is 24.4. The number of carbonyl (C=O) groups excluding carboxylic acids is 1. The molecule has 0 amide bonds. The maximum atomic E-state index is 13.5. The molecule has 1 aliphatic heterocycles. The van der Waals surface area contributed by atoms with Crippen LogP contribution < -0.4 is 5.32 Å². The molecular weight excluding hydrogens is 449 g/mol. The molecular formula is C25H23Cl2NO4. The van der Waals surface area contributed by atoms with E-state index in [0.29, 0.717) is 39.0 Å². The Morgan fingerprint density at radius 3 is 2.34 bits per heavy atom. The third-order valence-corrected chi connectivity index (χ3v) is 6.74. The minimum absolute atomic E-state index is 0.0167. The predicted molar refractivity (Wildman–Crippen MR) is 124 cm³/mol. The summed E-state index contributed by atoms with van der Waals surface area (Å²) in [5.41, 5.74) is 3.10. The van der Waals surface area contributed by atoms with Crippen molar-refractivity contribution in [1.82, 2.24) is 5.32 Å². The number of nitrogens with one attached hydrogen (secondary N) is 1. The highest BCUT2D eigenvalue weighted by molar-refractivity contribution is 6.36. The Kier molecular flexibility index (Phi) is 6.06. The summed E-state index contributed by atoms with van der Waals surface area (Å²) in [6.45, 7) is 3.81. The van der Waals surface area contributed by atoms with E-state index in [0.717, 1.165) is 5.56 Å². The van der Waals surface area contributed by atoms with Gasteiger partial charge in [0.05, 0.1) is 5.57 Å². The summed E-state index contributed by atoms with van der Waals surface area (Å²) in [6.07, 6.45) is 0.645. The van der Waals surface area contributed by atoms with Crippen LogP contribution in [0.4, 0.5) is 0 Å². The summed E-state index contributed by atoms with van der Waals surface area (Å²) in [4.78, 5) is 25.9. The molecule has 0 spiro atoms. The molecule has 2 aromatic rings. The standard InChI is InChI=1S/C25H23Cl2NO4/c1-12(2)24-23(25(31)32)21(13-5-3-6-15(29)9-13)22-18(28-24)10-14(11-19(22)30)20-16(26)7-4-8-17(20)27/h3-9,12,14,21,28-29H,10-11H2,1-2H3,(H,31,32). The van der Waals surface area contributed by atoms with Gasteiger partial charge in [-0.15, -0.1) is 0 Å². The van der Waals surface area contributed by atoms with E-state index >= 15 is 0 Å². The highest BCUT2D eigenvalue weighted by atomic mass is 35.5. The van der Waals surface area contributed by atoms with E-state index in [1.807, 2.05) is 13.8 Å². The van der Waals surface area contributed by atoms with Crippen LogP contribution in [0, 0.1) is 5.92 Å². The zero-order chi connectivity index (χ0) is 23.2. The number of benzene rings is 2.